The van der Waals surface area contributed by atoms with E-state index in [1.807, 2.05) is 39.8 Å². The molecule has 23 heavy (non-hydrogen) atoms. The third kappa shape index (κ3) is 3.08. The van der Waals surface area contributed by atoms with Crippen LogP contribution in [-0.2, 0) is 28.5 Å². The Kier molecular flexibility index (Phi) is 3.92. The van der Waals surface area contributed by atoms with Crippen molar-refractivity contribution in [2.75, 3.05) is 13.2 Å². The van der Waals surface area contributed by atoms with E-state index in [0.717, 1.165) is 5.57 Å². The zero-order valence-corrected chi connectivity index (χ0v) is 14.3. The Morgan fingerprint density at radius 2 is 2.04 bits per heavy atom. The molecule has 128 valence electrons. The molecule has 3 atom stereocenters. The average Bonchev–Trinajstić information content (AvgIpc) is 2.92. The third-order valence-electron chi connectivity index (χ3n) is 4.12. The summed E-state index contributed by atoms with van der Waals surface area (Å²) in [6.07, 6.45) is 4.41. The van der Waals surface area contributed by atoms with Crippen molar-refractivity contribution in [3.05, 3.63) is 23.8 Å². The number of esters is 1. The number of ether oxygens (including phenoxy) is 5. The van der Waals surface area contributed by atoms with Crippen molar-refractivity contribution in [3.8, 4) is 0 Å². The SMILES string of the molecule is CCOC(=O)/C=C1\C=C[C@@]2(COC(C)(C)O2)[C@H]2OC(C)(C)O[C@@H]12. The summed E-state index contributed by atoms with van der Waals surface area (Å²) in [6, 6.07) is 0. The lowest BCUT2D eigenvalue weighted by molar-refractivity contribution is -0.192. The minimum atomic E-state index is -0.766. The maximum Gasteiger partial charge on any atom is 0.331 e. The van der Waals surface area contributed by atoms with E-state index < -0.39 is 23.3 Å². The zero-order valence-electron chi connectivity index (χ0n) is 14.3. The first-order valence-corrected chi connectivity index (χ1v) is 7.94. The lowest BCUT2D eigenvalue weighted by atomic mass is 9.83. The molecule has 0 radical (unpaired) electrons. The van der Waals surface area contributed by atoms with Crippen LogP contribution in [0.15, 0.2) is 23.8 Å². The zero-order chi connectivity index (χ0) is 16.9. The number of carbonyl (C=O) groups is 1. The Bertz CT molecular complexity index is 561. The van der Waals surface area contributed by atoms with E-state index in [4.69, 9.17) is 23.7 Å². The van der Waals surface area contributed by atoms with Crippen LogP contribution in [0.25, 0.3) is 0 Å². The fourth-order valence-electron chi connectivity index (χ4n) is 3.26. The summed E-state index contributed by atoms with van der Waals surface area (Å²) in [6.45, 7) is 9.92. The molecule has 0 saturated carbocycles. The van der Waals surface area contributed by atoms with Crippen molar-refractivity contribution in [3.63, 3.8) is 0 Å². The number of fused-ring (bicyclic) bond motifs is 2. The highest BCUT2D eigenvalue weighted by molar-refractivity contribution is 5.83. The first-order valence-electron chi connectivity index (χ1n) is 7.94. The minimum Gasteiger partial charge on any atom is -0.463 e. The maximum atomic E-state index is 11.8. The van der Waals surface area contributed by atoms with Gasteiger partial charge in [0.2, 0.25) is 0 Å². The van der Waals surface area contributed by atoms with Gasteiger partial charge in [-0.1, -0.05) is 6.08 Å². The van der Waals surface area contributed by atoms with Gasteiger partial charge in [-0.2, -0.15) is 0 Å². The molecule has 2 heterocycles. The van der Waals surface area contributed by atoms with Crippen LogP contribution in [0.4, 0.5) is 0 Å². The second-order valence-corrected chi connectivity index (χ2v) is 6.95. The van der Waals surface area contributed by atoms with Gasteiger partial charge in [-0.15, -0.1) is 0 Å². The quantitative estimate of drug-likeness (QED) is 0.572. The fraction of sp³-hybridized carbons (Fsp3) is 0.706. The van der Waals surface area contributed by atoms with Gasteiger partial charge in [0, 0.05) is 6.08 Å². The molecule has 3 rings (SSSR count). The molecule has 0 amide bonds. The fourth-order valence-corrected chi connectivity index (χ4v) is 3.26. The molecule has 0 unspecified atom stereocenters. The van der Waals surface area contributed by atoms with Crippen molar-refractivity contribution in [1.29, 1.82) is 0 Å². The second kappa shape index (κ2) is 5.41. The normalized spacial score (nSPS) is 38.9. The summed E-state index contributed by atoms with van der Waals surface area (Å²) < 4.78 is 29.0. The second-order valence-electron chi connectivity index (χ2n) is 6.95. The molecule has 1 aliphatic carbocycles. The van der Waals surface area contributed by atoms with Crippen molar-refractivity contribution < 1.29 is 28.5 Å². The van der Waals surface area contributed by atoms with Crippen molar-refractivity contribution in [2.45, 2.75) is 64.0 Å². The monoisotopic (exact) mass is 324 g/mol. The molecule has 2 aliphatic heterocycles. The standard InChI is InChI=1S/C17H24O6/c1-6-19-12(18)9-11-7-8-17(10-20-15(2,3)23-17)14-13(11)21-16(4,5)22-14/h7-9,13-14H,6,10H2,1-5H3/b11-9+/t13-,14-,17+/m0/s1. The smallest absolute Gasteiger partial charge is 0.331 e. The van der Waals surface area contributed by atoms with E-state index in [0.29, 0.717) is 13.2 Å². The van der Waals surface area contributed by atoms with E-state index in [-0.39, 0.29) is 12.1 Å². The highest BCUT2D eigenvalue weighted by atomic mass is 16.8. The van der Waals surface area contributed by atoms with E-state index in [2.05, 4.69) is 0 Å². The molecule has 6 heteroatoms. The lowest BCUT2D eigenvalue weighted by Crippen LogP contribution is -2.52. The van der Waals surface area contributed by atoms with Gasteiger partial charge in [0.25, 0.3) is 0 Å². The summed E-state index contributed by atoms with van der Waals surface area (Å²) in [5.74, 6) is -1.84. The van der Waals surface area contributed by atoms with Gasteiger partial charge in [-0.25, -0.2) is 4.79 Å². The van der Waals surface area contributed by atoms with Crippen LogP contribution in [0.3, 0.4) is 0 Å². The van der Waals surface area contributed by atoms with Crippen LogP contribution >= 0.6 is 0 Å². The van der Waals surface area contributed by atoms with Crippen molar-refractivity contribution >= 4 is 5.97 Å². The summed E-state index contributed by atoms with van der Waals surface area (Å²) >= 11 is 0. The summed E-state index contributed by atoms with van der Waals surface area (Å²) in [5.41, 5.74) is 0.00598. The largest absolute Gasteiger partial charge is 0.463 e. The Balaban J connectivity index is 1.95. The van der Waals surface area contributed by atoms with Crippen LogP contribution in [0.2, 0.25) is 0 Å². The molecule has 0 aromatic heterocycles. The predicted molar refractivity (Wildman–Crippen MR) is 81.5 cm³/mol. The Hall–Kier alpha value is -1.21. The molecule has 0 aromatic carbocycles. The van der Waals surface area contributed by atoms with Gasteiger partial charge in [0.05, 0.1) is 13.2 Å². The van der Waals surface area contributed by atoms with E-state index in [9.17, 15) is 4.79 Å². The number of rotatable bonds is 2. The van der Waals surface area contributed by atoms with E-state index in [1.54, 1.807) is 6.92 Å². The van der Waals surface area contributed by atoms with Crippen LogP contribution in [0, 0.1) is 0 Å². The average molecular weight is 324 g/mol. The van der Waals surface area contributed by atoms with Gasteiger partial charge in [0.15, 0.2) is 11.6 Å². The van der Waals surface area contributed by atoms with Gasteiger partial charge >= 0.3 is 5.97 Å². The molecule has 0 N–H and O–H groups in total. The minimum absolute atomic E-state index is 0.332. The Morgan fingerprint density at radius 3 is 2.65 bits per heavy atom. The maximum absolute atomic E-state index is 11.8. The van der Waals surface area contributed by atoms with Crippen LogP contribution in [0.1, 0.15) is 34.6 Å². The van der Waals surface area contributed by atoms with Crippen molar-refractivity contribution in [1.82, 2.24) is 0 Å². The molecule has 0 bridgehead atoms. The number of carbonyl (C=O) groups excluding carboxylic acids is 1. The highest BCUT2D eigenvalue weighted by Gasteiger charge is 2.60. The third-order valence-corrected chi connectivity index (χ3v) is 4.12. The Morgan fingerprint density at radius 1 is 1.30 bits per heavy atom. The molecule has 2 fully saturated rings. The first-order chi connectivity index (χ1) is 10.7. The molecule has 2 saturated heterocycles. The van der Waals surface area contributed by atoms with E-state index >= 15 is 0 Å². The molecule has 1 spiro atoms. The van der Waals surface area contributed by atoms with Gasteiger partial charge in [-0.3, -0.25) is 0 Å². The predicted octanol–water partition coefficient (Wildman–Crippen LogP) is 2.09. The number of hydrogen-bond acceptors (Lipinski definition) is 6. The molecule has 3 aliphatic rings. The van der Waals surface area contributed by atoms with Crippen LogP contribution in [-0.4, -0.2) is 48.6 Å². The highest BCUT2D eigenvalue weighted by Crippen LogP contribution is 2.47. The van der Waals surface area contributed by atoms with Gasteiger partial charge in [0.1, 0.15) is 17.8 Å². The van der Waals surface area contributed by atoms with Gasteiger partial charge in [-0.05, 0) is 46.3 Å². The molecule has 6 nitrogen and oxygen atoms in total. The lowest BCUT2D eigenvalue weighted by Gasteiger charge is -2.36. The molecule has 0 aromatic rings. The Labute approximate surface area is 136 Å². The first kappa shape index (κ1) is 16.6. The summed E-state index contributed by atoms with van der Waals surface area (Å²) in [5, 5.41) is 0. The topological polar surface area (TPSA) is 63.2 Å². The van der Waals surface area contributed by atoms with Crippen LogP contribution in [0.5, 0.6) is 0 Å². The summed E-state index contributed by atoms with van der Waals surface area (Å²) in [4.78, 5) is 11.8. The molecular weight excluding hydrogens is 300 g/mol. The van der Waals surface area contributed by atoms with Crippen LogP contribution < -0.4 is 0 Å². The summed E-state index contributed by atoms with van der Waals surface area (Å²) in [7, 11) is 0. The van der Waals surface area contributed by atoms with Crippen molar-refractivity contribution in [2.24, 2.45) is 0 Å². The molecular formula is C17H24O6. The van der Waals surface area contributed by atoms with E-state index in [1.165, 1.54) is 6.08 Å². The van der Waals surface area contributed by atoms with Gasteiger partial charge < -0.3 is 23.7 Å². The number of hydrogen-bond donors (Lipinski definition) is 0.